The number of para-hydroxylation sites is 1. The molecule has 1 aliphatic rings. The van der Waals surface area contributed by atoms with Crippen LogP contribution in [0.4, 0.5) is 5.69 Å². The van der Waals surface area contributed by atoms with E-state index in [-0.39, 0.29) is 6.10 Å². The maximum atomic E-state index is 6.13. The zero-order valence-corrected chi connectivity index (χ0v) is 17.7. The van der Waals surface area contributed by atoms with Crippen molar-refractivity contribution in [2.75, 3.05) is 38.6 Å². The van der Waals surface area contributed by atoms with E-state index in [1.807, 2.05) is 25.2 Å². The average Bonchev–Trinajstić information content (AvgIpc) is 2.77. The summed E-state index contributed by atoms with van der Waals surface area (Å²) in [4.78, 5) is 4.37. The molecule has 2 unspecified atom stereocenters. The summed E-state index contributed by atoms with van der Waals surface area (Å²) in [7, 11) is 1.83. The Hall–Kier alpha value is -2.53. The third kappa shape index (κ3) is 6.79. The Morgan fingerprint density at radius 2 is 1.83 bits per heavy atom. The van der Waals surface area contributed by atoms with E-state index in [9.17, 15) is 0 Å². The second-order valence-corrected chi connectivity index (χ2v) is 7.63. The van der Waals surface area contributed by atoms with Crippen LogP contribution < -0.4 is 16.0 Å². The van der Waals surface area contributed by atoms with E-state index < -0.39 is 0 Å². The largest absolute Gasteiger partial charge is 0.385 e. The lowest BCUT2D eigenvalue weighted by Gasteiger charge is -2.32. The number of rotatable bonds is 8. The number of guanidine groups is 1. The molecule has 0 amide bonds. The number of hydrogen-bond acceptors (Lipinski definition) is 3. The number of anilines is 1. The fourth-order valence-corrected chi connectivity index (χ4v) is 3.71. The summed E-state index contributed by atoms with van der Waals surface area (Å²) in [6.45, 7) is 5.63. The van der Waals surface area contributed by atoms with E-state index in [0.29, 0.717) is 5.92 Å². The van der Waals surface area contributed by atoms with Crippen molar-refractivity contribution >= 4 is 11.6 Å². The van der Waals surface area contributed by atoms with Crippen molar-refractivity contribution in [1.29, 1.82) is 0 Å². The summed E-state index contributed by atoms with van der Waals surface area (Å²) >= 11 is 0. The van der Waals surface area contributed by atoms with Crippen LogP contribution in [0.5, 0.6) is 0 Å². The molecular weight excluding hydrogens is 360 g/mol. The van der Waals surface area contributed by atoms with Crippen molar-refractivity contribution in [1.82, 2.24) is 10.6 Å². The Morgan fingerprint density at radius 1 is 1.03 bits per heavy atom. The summed E-state index contributed by atoms with van der Waals surface area (Å²) in [5, 5.41) is 10.3. The van der Waals surface area contributed by atoms with Gasteiger partial charge in [0.05, 0.1) is 6.10 Å². The van der Waals surface area contributed by atoms with E-state index in [0.717, 1.165) is 50.7 Å². The lowest BCUT2D eigenvalue weighted by Crippen LogP contribution is -2.42. The van der Waals surface area contributed by atoms with Gasteiger partial charge in [-0.1, -0.05) is 48.0 Å². The summed E-state index contributed by atoms with van der Waals surface area (Å²) in [5.74, 6) is 1.31. The Balaban J connectivity index is 1.41. The highest BCUT2D eigenvalue weighted by atomic mass is 16.5. The van der Waals surface area contributed by atoms with Crippen LogP contribution in [0.1, 0.15) is 36.5 Å². The second-order valence-electron chi connectivity index (χ2n) is 7.63. The van der Waals surface area contributed by atoms with Gasteiger partial charge in [0.1, 0.15) is 0 Å². The molecule has 5 heteroatoms. The molecule has 5 nitrogen and oxygen atoms in total. The standard InChI is InChI=1S/C24H34N4O/c1-19-11-13-20(14-12-19)23-21(8-6-17-29-23)18-28-24(25-2)27-16-7-15-26-22-9-4-3-5-10-22/h3-5,9-14,21,23,26H,6-8,15-18H2,1-2H3,(H2,25,27,28). The third-order valence-corrected chi connectivity index (χ3v) is 5.35. The van der Waals surface area contributed by atoms with Gasteiger partial charge in [-0.25, -0.2) is 0 Å². The minimum Gasteiger partial charge on any atom is -0.385 e. The first-order valence-electron chi connectivity index (χ1n) is 10.7. The summed E-state index contributed by atoms with van der Waals surface area (Å²) in [6, 6.07) is 19.0. The molecule has 0 saturated carbocycles. The fraction of sp³-hybridized carbons (Fsp3) is 0.458. The number of nitrogens with zero attached hydrogens (tertiary/aromatic N) is 1. The fourth-order valence-electron chi connectivity index (χ4n) is 3.71. The molecule has 1 fully saturated rings. The molecule has 0 radical (unpaired) electrons. The van der Waals surface area contributed by atoms with Crippen LogP contribution in [-0.4, -0.2) is 39.2 Å². The molecule has 1 heterocycles. The van der Waals surface area contributed by atoms with Crippen LogP contribution >= 0.6 is 0 Å². The van der Waals surface area contributed by atoms with Gasteiger partial charge >= 0.3 is 0 Å². The third-order valence-electron chi connectivity index (χ3n) is 5.35. The van der Waals surface area contributed by atoms with Crippen molar-refractivity contribution in [2.24, 2.45) is 10.9 Å². The highest BCUT2D eigenvalue weighted by molar-refractivity contribution is 5.79. The second kappa shape index (κ2) is 11.5. The Morgan fingerprint density at radius 3 is 2.59 bits per heavy atom. The van der Waals surface area contributed by atoms with Crippen LogP contribution in [0.3, 0.4) is 0 Å². The van der Waals surface area contributed by atoms with Crippen LogP contribution in [0.25, 0.3) is 0 Å². The van der Waals surface area contributed by atoms with Crippen LogP contribution in [0.2, 0.25) is 0 Å². The molecule has 2 aromatic rings. The van der Waals surface area contributed by atoms with Gasteiger partial charge in [0.25, 0.3) is 0 Å². The average molecular weight is 395 g/mol. The predicted molar refractivity (Wildman–Crippen MR) is 122 cm³/mol. The van der Waals surface area contributed by atoms with Crippen LogP contribution in [0.15, 0.2) is 59.6 Å². The monoisotopic (exact) mass is 394 g/mol. The molecule has 3 rings (SSSR count). The van der Waals surface area contributed by atoms with E-state index in [1.165, 1.54) is 17.5 Å². The molecule has 0 bridgehead atoms. The van der Waals surface area contributed by atoms with Gasteiger partial charge in [0.15, 0.2) is 5.96 Å². The predicted octanol–water partition coefficient (Wildman–Crippen LogP) is 4.13. The summed E-state index contributed by atoms with van der Waals surface area (Å²) in [5.41, 5.74) is 3.72. The SMILES string of the molecule is CN=C(NCCCNc1ccccc1)NCC1CCCOC1c1ccc(C)cc1. The number of aliphatic imine (C=N–C) groups is 1. The Kier molecular flexibility index (Phi) is 8.38. The topological polar surface area (TPSA) is 57.7 Å². The molecule has 156 valence electrons. The molecule has 0 spiro atoms. The zero-order valence-electron chi connectivity index (χ0n) is 17.7. The van der Waals surface area contributed by atoms with Crippen molar-refractivity contribution in [3.8, 4) is 0 Å². The highest BCUT2D eigenvalue weighted by Crippen LogP contribution is 2.33. The maximum absolute atomic E-state index is 6.13. The van der Waals surface area contributed by atoms with Crippen molar-refractivity contribution in [3.05, 3.63) is 65.7 Å². The molecule has 1 saturated heterocycles. The Labute approximate surface area is 175 Å². The van der Waals surface area contributed by atoms with Crippen LogP contribution in [-0.2, 0) is 4.74 Å². The summed E-state index contributed by atoms with van der Waals surface area (Å²) < 4.78 is 6.13. The lowest BCUT2D eigenvalue weighted by atomic mass is 9.89. The molecule has 3 N–H and O–H groups in total. The quantitative estimate of drug-likeness (QED) is 0.358. The van der Waals surface area contributed by atoms with E-state index in [1.54, 1.807) is 0 Å². The first-order chi connectivity index (χ1) is 14.3. The van der Waals surface area contributed by atoms with Crippen molar-refractivity contribution in [2.45, 2.75) is 32.3 Å². The minimum atomic E-state index is 0.157. The van der Waals surface area contributed by atoms with Crippen molar-refractivity contribution in [3.63, 3.8) is 0 Å². The number of ether oxygens (including phenoxy) is 1. The number of nitrogens with one attached hydrogen (secondary N) is 3. The van der Waals surface area contributed by atoms with Crippen molar-refractivity contribution < 1.29 is 4.74 Å². The van der Waals surface area contributed by atoms with E-state index in [4.69, 9.17) is 4.74 Å². The lowest BCUT2D eigenvalue weighted by molar-refractivity contribution is -0.0265. The number of aryl methyl sites for hydroxylation is 1. The first-order valence-corrected chi connectivity index (χ1v) is 10.7. The van der Waals surface area contributed by atoms with Gasteiger partial charge in [0.2, 0.25) is 0 Å². The van der Waals surface area contributed by atoms with Gasteiger partial charge in [0, 0.05) is 44.9 Å². The first kappa shape index (κ1) is 21.2. The van der Waals surface area contributed by atoms with Gasteiger partial charge < -0.3 is 20.7 Å². The number of benzene rings is 2. The highest BCUT2D eigenvalue weighted by Gasteiger charge is 2.27. The normalized spacial score (nSPS) is 19.6. The van der Waals surface area contributed by atoms with E-state index in [2.05, 4.69) is 64.3 Å². The molecular formula is C24H34N4O. The molecule has 0 aliphatic carbocycles. The molecule has 1 aliphatic heterocycles. The molecule has 0 aromatic heterocycles. The van der Waals surface area contributed by atoms with Gasteiger partial charge in [-0.15, -0.1) is 0 Å². The van der Waals surface area contributed by atoms with Gasteiger partial charge in [-0.2, -0.15) is 0 Å². The molecule has 29 heavy (non-hydrogen) atoms. The van der Waals surface area contributed by atoms with E-state index >= 15 is 0 Å². The smallest absolute Gasteiger partial charge is 0.190 e. The maximum Gasteiger partial charge on any atom is 0.190 e. The summed E-state index contributed by atoms with van der Waals surface area (Å²) in [6.07, 6.45) is 3.47. The Bertz CT molecular complexity index is 745. The molecule has 2 aromatic carbocycles. The minimum absolute atomic E-state index is 0.157. The number of hydrogen-bond donors (Lipinski definition) is 3. The van der Waals surface area contributed by atoms with Gasteiger partial charge in [-0.05, 0) is 43.9 Å². The molecule has 2 atom stereocenters. The van der Waals surface area contributed by atoms with Gasteiger partial charge in [-0.3, -0.25) is 4.99 Å². The zero-order chi connectivity index (χ0) is 20.3. The van der Waals surface area contributed by atoms with Crippen LogP contribution in [0, 0.1) is 12.8 Å².